The van der Waals surface area contributed by atoms with E-state index in [9.17, 15) is 0 Å². The molecule has 0 saturated heterocycles. The molecule has 0 aliphatic rings. The lowest BCUT2D eigenvalue weighted by Crippen LogP contribution is -2.09. The molecule has 0 radical (unpaired) electrons. The Morgan fingerprint density at radius 2 is 1.71 bits per heavy atom. The van der Waals surface area contributed by atoms with Gasteiger partial charge in [0.25, 0.3) is 5.95 Å². The van der Waals surface area contributed by atoms with Crippen LogP contribution in [0.5, 0.6) is 5.95 Å². The summed E-state index contributed by atoms with van der Waals surface area (Å²) in [6.45, 7) is 6.54. The second kappa shape index (κ2) is 5.20. The summed E-state index contributed by atoms with van der Waals surface area (Å²) in [5.41, 5.74) is 2.09. The van der Waals surface area contributed by atoms with E-state index in [0.29, 0.717) is 5.95 Å². The van der Waals surface area contributed by atoms with Gasteiger partial charge in [-0.3, -0.25) is 0 Å². The third-order valence-corrected chi connectivity index (χ3v) is 5.12. The van der Waals surface area contributed by atoms with Gasteiger partial charge < -0.3 is 9.15 Å². The van der Waals surface area contributed by atoms with Gasteiger partial charge in [0.2, 0.25) is 0 Å². The molecule has 2 nitrogen and oxygen atoms in total. The minimum Gasteiger partial charge on any atom is -0.468 e. The maximum atomic E-state index is 5.95. The normalized spacial score (nSPS) is 12.2. The Balaban J connectivity index is 2.12. The summed E-state index contributed by atoms with van der Waals surface area (Å²) in [6.07, 6.45) is 0. The standard InChI is InChI=1S/C18H19O2P/c1-18(2,3)15-16(19-4)20-17(21-15)14-10-9-12-7-5-6-8-13(12)11-14/h5-11H,1-4H3. The average molecular weight is 298 g/mol. The SMILES string of the molecule is COc1oc(-c2ccc3ccccc3c2)pc1C(C)(C)C. The lowest BCUT2D eigenvalue weighted by molar-refractivity contribution is 0.298. The van der Waals surface area contributed by atoms with Crippen molar-refractivity contribution in [3.63, 3.8) is 0 Å². The molecule has 0 spiro atoms. The van der Waals surface area contributed by atoms with Crippen molar-refractivity contribution in [2.45, 2.75) is 26.2 Å². The van der Waals surface area contributed by atoms with Gasteiger partial charge in [-0.2, -0.15) is 0 Å². The van der Waals surface area contributed by atoms with Crippen molar-refractivity contribution in [3.05, 3.63) is 47.8 Å². The molecule has 1 heterocycles. The van der Waals surface area contributed by atoms with Crippen LogP contribution < -0.4 is 4.74 Å². The first kappa shape index (κ1) is 14.2. The van der Waals surface area contributed by atoms with Crippen LogP contribution in [-0.4, -0.2) is 7.11 Å². The summed E-state index contributed by atoms with van der Waals surface area (Å²) >= 11 is 0. The fourth-order valence-corrected chi connectivity index (χ4v) is 3.53. The van der Waals surface area contributed by atoms with Crippen LogP contribution in [0.4, 0.5) is 0 Å². The molecule has 2 aromatic carbocycles. The van der Waals surface area contributed by atoms with E-state index in [0.717, 1.165) is 19.2 Å². The summed E-state index contributed by atoms with van der Waals surface area (Å²) < 4.78 is 11.4. The van der Waals surface area contributed by atoms with Crippen molar-refractivity contribution in [2.24, 2.45) is 0 Å². The van der Waals surface area contributed by atoms with Gasteiger partial charge in [0, 0.05) is 5.56 Å². The monoisotopic (exact) mass is 298 g/mol. The topological polar surface area (TPSA) is 22.4 Å². The number of fused-ring (bicyclic) bond motifs is 1. The van der Waals surface area contributed by atoms with Crippen LogP contribution in [0.1, 0.15) is 26.1 Å². The molecule has 3 aromatic rings. The largest absolute Gasteiger partial charge is 0.468 e. The number of benzene rings is 2. The Morgan fingerprint density at radius 1 is 1.00 bits per heavy atom. The molecule has 0 aliphatic heterocycles. The van der Waals surface area contributed by atoms with Crippen LogP contribution in [0.3, 0.4) is 0 Å². The highest BCUT2D eigenvalue weighted by atomic mass is 31.0. The molecule has 0 N–H and O–H groups in total. The lowest BCUT2D eigenvalue weighted by atomic mass is 9.95. The molecule has 0 unspecified atom stereocenters. The summed E-state index contributed by atoms with van der Waals surface area (Å²) in [4.78, 5) is 0. The highest BCUT2D eigenvalue weighted by molar-refractivity contribution is 7.34. The van der Waals surface area contributed by atoms with Gasteiger partial charge >= 0.3 is 0 Å². The summed E-state index contributed by atoms with van der Waals surface area (Å²) in [6, 6.07) is 14.8. The van der Waals surface area contributed by atoms with E-state index in [1.807, 2.05) is 0 Å². The van der Waals surface area contributed by atoms with Crippen LogP contribution in [0, 0.1) is 0 Å². The van der Waals surface area contributed by atoms with Gasteiger partial charge in [-0.15, -0.1) is 0 Å². The molecule has 3 rings (SSSR count). The summed E-state index contributed by atoms with van der Waals surface area (Å²) in [7, 11) is 2.76. The van der Waals surface area contributed by atoms with E-state index < -0.39 is 0 Å². The number of rotatable bonds is 2. The fraction of sp³-hybridized carbons (Fsp3) is 0.278. The Kier molecular flexibility index (Phi) is 3.51. The van der Waals surface area contributed by atoms with Crippen molar-refractivity contribution in [1.82, 2.24) is 0 Å². The van der Waals surface area contributed by atoms with Gasteiger partial charge in [-0.25, -0.2) is 0 Å². The second-order valence-electron chi connectivity index (χ2n) is 6.17. The zero-order valence-corrected chi connectivity index (χ0v) is 13.7. The van der Waals surface area contributed by atoms with Crippen molar-refractivity contribution in [1.29, 1.82) is 0 Å². The average Bonchev–Trinajstić information content (AvgIpc) is 2.91. The predicted molar refractivity (Wildman–Crippen MR) is 89.4 cm³/mol. The van der Waals surface area contributed by atoms with E-state index in [1.165, 1.54) is 16.1 Å². The molecule has 0 atom stereocenters. The van der Waals surface area contributed by atoms with Crippen molar-refractivity contribution in [2.75, 3.05) is 7.11 Å². The van der Waals surface area contributed by atoms with E-state index >= 15 is 0 Å². The van der Waals surface area contributed by atoms with Gasteiger partial charge in [0.1, 0.15) is 0 Å². The molecular formula is C18H19O2P. The smallest absolute Gasteiger partial charge is 0.293 e. The summed E-state index contributed by atoms with van der Waals surface area (Å²) in [5.74, 6) is 0.646. The third kappa shape index (κ3) is 2.69. The van der Waals surface area contributed by atoms with E-state index in [-0.39, 0.29) is 5.41 Å². The number of hydrogen-bond acceptors (Lipinski definition) is 2. The second-order valence-corrected chi connectivity index (χ2v) is 7.25. The minimum atomic E-state index is 0.0332. The molecule has 0 saturated carbocycles. The Hall–Kier alpha value is -1.79. The molecular weight excluding hydrogens is 279 g/mol. The number of ether oxygens (including phenoxy) is 1. The van der Waals surface area contributed by atoms with Crippen molar-refractivity contribution in [3.8, 4) is 17.0 Å². The molecule has 0 aliphatic carbocycles. The molecule has 0 bridgehead atoms. The van der Waals surface area contributed by atoms with Gasteiger partial charge in [-0.05, 0) is 30.4 Å². The Morgan fingerprint density at radius 3 is 2.33 bits per heavy atom. The number of methoxy groups -OCH3 is 1. The predicted octanol–water partition coefficient (Wildman–Crippen LogP) is 5.99. The molecule has 1 aromatic heterocycles. The fourth-order valence-electron chi connectivity index (χ4n) is 2.36. The Bertz CT molecular complexity index is 781. The highest BCUT2D eigenvalue weighted by Crippen LogP contribution is 2.46. The molecule has 3 heteroatoms. The zero-order valence-electron chi connectivity index (χ0n) is 12.8. The van der Waals surface area contributed by atoms with Crippen LogP contribution in [-0.2, 0) is 5.41 Å². The van der Waals surface area contributed by atoms with Crippen LogP contribution in [0.25, 0.3) is 21.8 Å². The maximum Gasteiger partial charge on any atom is 0.293 e. The van der Waals surface area contributed by atoms with Crippen LogP contribution >= 0.6 is 8.19 Å². The molecule has 0 fully saturated rings. The molecule has 21 heavy (non-hydrogen) atoms. The zero-order chi connectivity index (χ0) is 15.0. The van der Waals surface area contributed by atoms with E-state index in [1.54, 1.807) is 7.11 Å². The maximum absolute atomic E-state index is 5.95. The van der Waals surface area contributed by atoms with Gasteiger partial charge in [0.15, 0.2) is 5.49 Å². The first-order chi connectivity index (χ1) is 9.99. The van der Waals surface area contributed by atoms with E-state index in [4.69, 9.17) is 9.15 Å². The lowest BCUT2D eigenvalue weighted by Gasteiger charge is -2.15. The third-order valence-electron chi connectivity index (χ3n) is 3.49. The molecule has 0 amide bonds. The first-order valence-corrected chi connectivity index (χ1v) is 7.93. The quantitative estimate of drug-likeness (QED) is 0.580. The minimum absolute atomic E-state index is 0.0332. The van der Waals surface area contributed by atoms with Gasteiger partial charge in [0.05, 0.1) is 12.4 Å². The summed E-state index contributed by atoms with van der Waals surface area (Å²) in [5, 5.41) is 3.66. The van der Waals surface area contributed by atoms with Gasteiger partial charge in [-0.1, -0.05) is 57.2 Å². The Labute approximate surface area is 126 Å². The number of hydrogen-bond donors (Lipinski definition) is 0. The van der Waals surface area contributed by atoms with Crippen molar-refractivity contribution >= 4 is 19.0 Å². The van der Waals surface area contributed by atoms with Crippen LogP contribution in [0.2, 0.25) is 0 Å². The van der Waals surface area contributed by atoms with E-state index in [2.05, 4.69) is 63.2 Å². The first-order valence-electron chi connectivity index (χ1n) is 7.03. The molecule has 108 valence electrons. The van der Waals surface area contributed by atoms with Crippen molar-refractivity contribution < 1.29 is 9.15 Å². The van der Waals surface area contributed by atoms with Crippen LogP contribution in [0.15, 0.2) is 46.9 Å². The highest BCUT2D eigenvalue weighted by Gasteiger charge is 2.25.